The van der Waals surface area contributed by atoms with E-state index in [-0.39, 0.29) is 29.9 Å². The van der Waals surface area contributed by atoms with Gasteiger partial charge in [-0.05, 0) is 41.8 Å². The quantitative estimate of drug-likeness (QED) is 0.861. The predicted molar refractivity (Wildman–Crippen MR) is 96.4 cm³/mol. The highest BCUT2D eigenvalue weighted by Crippen LogP contribution is 2.25. The topological polar surface area (TPSA) is 69.6 Å². The third-order valence-corrected chi connectivity index (χ3v) is 4.67. The molecule has 7 heteroatoms. The Morgan fingerprint density at radius 3 is 2.58 bits per heavy atom. The average Bonchev–Trinajstić information content (AvgIpc) is 2.65. The van der Waals surface area contributed by atoms with Gasteiger partial charge in [-0.25, -0.2) is 4.39 Å². The normalized spacial score (nSPS) is 17.1. The molecule has 1 aliphatic rings. The van der Waals surface area contributed by atoms with Gasteiger partial charge in [-0.2, -0.15) is 0 Å². The number of halogens is 2. The van der Waals surface area contributed by atoms with E-state index in [1.165, 1.54) is 17.0 Å². The maximum absolute atomic E-state index is 13.3. The van der Waals surface area contributed by atoms with Crippen molar-refractivity contribution in [2.24, 2.45) is 0 Å². The Hall–Kier alpha value is -2.44. The molecule has 1 saturated heterocycles. The van der Waals surface area contributed by atoms with Crippen LogP contribution in [0.3, 0.4) is 0 Å². The lowest BCUT2D eigenvalue weighted by molar-refractivity contribution is -0.128. The fourth-order valence-electron chi connectivity index (χ4n) is 3.01. The lowest BCUT2D eigenvalue weighted by Gasteiger charge is -2.34. The van der Waals surface area contributed by atoms with Gasteiger partial charge in [0.05, 0.1) is 5.02 Å². The summed E-state index contributed by atoms with van der Waals surface area (Å²) in [6, 6.07) is 10.6. The number of carbonyl (C=O) groups excluding carboxylic acids is 2. The highest BCUT2D eigenvalue weighted by atomic mass is 35.5. The molecule has 2 aromatic carbocycles. The molecule has 3 rings (SSSR count). The van der Waals surface area contributed by atoms with Crippen molar-refractivity contribution in [3.8, 4) is 11.1 Å². The van der Waals surface area contributed by atoms with E-state index >= 15 is 0 Å². The summed E-state index contributed by atoms with van der Waals surface area (Å²) in [6.07, 6.45) is 0.198. The summed E-state index contributed by atoms with van der Waals surface area (Å²) in [6.45, 7) is 0.607. The number of rotatable bonds is 4. The third-order valence-electron chi connectivity index (χ3n) is 4.38. The van der Waals surface area contributed by atoms with Gasteiger partial charge >= 0.3 is 0 Å². The number of aliphatic hydroxyl groups is 1. The highest BCUT2D eigenvalue weighted by Gasteiger charge is 2.32. The summed E-state index contributed by atoms with van der Waals surface area (Å²) < 4.78 is 13.3. The maximum Gasteiger partial charge on any atom is 0.254 e. The zero-order chi connectivity index (χ0) is 18.7. The molecule has 5 nitrogen and oxygen atoms in total. The fourth-order valence-corrected chi connectivity index (χ4v) is 3.19. The summed E-state index contributed by atoms with van der Waals surface area (Å²) >= 11 is 5.81. The van der Waals surface area contributed by atoms with Crippen LogP contribution >= 0.6 is 11.6 Å². The van der Waals surface area contributed by atoms with E-state index in [0.717, 1.165) is 11.1 Å². The van der Waals surface area contributed by atoms with Gasteiger partial charge in [-0.1, -0.05) is 29.8 Å². The summed E-state index contributed by atoms with van der Waals surface area (Å²) in [4.78, 5) is 26.2. The molecule has 1 aliphatic heterocycles. The van der Waals surface area contributed by atoms with Crippen LogP contribution in [0, 0.1) is 5.82 Å². The van der Waals surface area contributed by atoms with Crippen molar-refractivity contribution in [1.82, 2.24) is 10.2 Å². The van der Waals surface area contributed by atoms with Gasteiger partial charge < -0.3 is 15.3 Å². The van der Waals surface area contributed by atoms with Gasteiger partial charge in [-0.3, -0.25) is 9.59 Å². The van der Waals surface area contributed by atoms with Crippen LogP contribution in [0.5, 0.6) is 0 Å². The van der Waals surface area contributed by atoms with Crippen molar-refractivity contribution >= 4 is 23.4 Å². The first kappa shape index (κ1) is 18.4. The molecule has 0 radical (unpaired) electrons. The van der Waals surface area contributed by atoms with E-state index in [1.54, 1.807) is 30.3 Å². The summed E-state index contributed by atoms with van der Waals surface area (Å²) in [5.41, 5.74) is 1.98. The standard InChI is InChI=1S/C19H18ClFN2O3/c20-15-11-14(5-6-16(15)21)12-1-3-13(4-2-12)19(26)23-9-8-22-18(25)17(23)7-10-24/h1-6,11,17,24H,7-10H2,(H,22,25)/t17-/m1/s1. The summed E-state index contributed by atoms with van der Waals surface area (Å²) in [7, 11) is 0. The first-order valence-electron chi connectivity index (χ1n) is 8.26. The Balaban J connectivity index is 1.82. The zero-order valence-electron chi connectivity index (χ0n) is 13.9. The molecule has 0 bridgehead atoms. The number of carbonyl (C=O) groups is 2. The molecule has 2 aromatic rings. The van der Waals surface area contributed by atoms with Gasteiger partial charge in [0.25, 0.3) is 5.91 Å². The minimum atomic E-state index is -0.670. The molecular weight excluding hydrogens is 359 g/mol. The van der Waals surface area contributed by atoms with Crippen LogP contribution in [-0.4, -0.2) is 47.6 Å². The van der Waals surface area contributed by atoms with Crippen LogP contribution < -0.4 is 5.32 Å². The number of nitrogens with zero attached hydrogens (tertiary/aromatic N) is 1. The molecule has 1 heterocycles. The van der Waals surface area contributed by atoms with Crippen molar-refractivity contribution in [2.45, 2.75) is 12.5 Å². The van der Waals surface area contributed by atoms with Crippen LogP contribution in [0.15, 0.2) is 42.5 Å². The lowest BCUT2D eigenvalue weighted by atomic mass is 10.0. The van der Waals surface area contributed by atoms with Crippen molar-refractivity contribution < 1.29 is 19.1 Å². The van der Waals surface area contributed by atoms with Crippen molar-refractivity contribution in [2.75, 3.05) is 19.7 Å². The maximum atomic E-state index is 13.3. The van der Waals surface area contributed by atoms with Crippen LogP contribution in [0.4, 0.5) is 4.39 Å². The number of hydrogen-bond donors (Lipinski definition) is 2. The first-order valence-corrected chi connectivity index (χ1v) is 8.64. The minimum Gasteiger partial charge on any atom is -0.396 e. The van der Waals surface area contributed by atoms with Crippen molar-refractivity contribution in [1.29, 1.82) is 0 Å². The molecule has 136 valence electrons. The number of nitrogens with one attached hydrogen (secondary N) is 1. The van der Waals surface area contributed by atoms with Crippen LogP contribution in [0.2, 0.25) is 5.02 Å². The van der Waals surface area contributed by atoms with E-state index in [0.29, 0.717) is 18.7 Å². The van der Waals surface area contributed by atoms with Crippen molar-refractivity contribution in [3.63, 3.8) is 0 Å². The highest BCUT2D eigenvalue weighted by molar-refractivity contribution is 6.31. The molecule has 1 atom stereocenters. The molecule has 0 unspecified atom stereocenters. The molecule has 0 spiro atoms. The molecule has 1 fully saturated rings. The number of amides is 2. The number of piperazine rings is 1. The fraction of sp³-hybridized carbons (Fsp3) is 0.263. The Kier molecular flexibility index (Phi) is 5.54. The third kappa shape index (κ3) is 3.71. The number of aliphatic hydroxyl groups excluding tert-OH is 1. The molecule has 0 aliphatic carbocycles. The Labute approximate surface area is 155 Å². The predicted octanol–water partition coefficient (Wildman–Crippen LogP) is 2.47. The van der Waals surface area contributed by atoms with E-state index in [9.17, 15) is 14.0 Å². The SMILES string of the molecule is O=C1NCCN(C(=O)c2ccc(-c3ccc(F)c(Cl)c3)cc2)[C@@H]1CCO. The van der Waals surface area contributed by atoms with E-state index < -0.39 is 11.9 Å². The molecule has 2 amide bonds. The molecule has 2 N–H and O–H groups in total. The Bertz CT molecular complexity index is 826. The van der Waals surface area contributed by atoms with Crippen molar-refractivity contribution in [3.05, 3.63) is 58.9 Å². The smallest absolute Gasteiger partial charge is 0.254 e. The van der Waals surface area contributed by atoms with E-state index in [1.807, 2.05) is 0 Å². The zero-order valence-corrected chi connectivity index (χ0v) is 14.7. The summed E-state index contributed by atoms with van der Waals surface area (Å²) in [5.74, 6) is -1.00. The molecule has 0 saturated carbocycles. The van der Waals surface area contributed by atoms with Gasteiger partial charge in [0.2, 0.25) is 5.91 Å². The van der Waals surface area contributed by atoms with Gasteiger partial charge in [0.15, 0.2) is 0 Å². The second-order valence-corrected chi connectivity index (χ2v) is 6.43. The monoisotopic (exact) mass is 376 g/mol. The number of benzene rings is 2. The molecule has 26 heavy (non-hydrogen) atoms. The van der Waals surface area contributed by atoms with Gasteiger partial charge in [-0.15, -0.1) is 0 Å². The summed E-state index contributed by atoms with van der Waals surface area (Å²) in [5, 5.41) is 11.9. The van der Waals surface area contributed by atoms with Crippen LogP contribution in [-0.2, 0) is 4.79 Å². The Morgan fingerprint density at radius 2 is 1.92 bits per heavy atom. The van der Waals surface area contributed by atoms with Crippen LogP contribution in [0.25, 0.3) is 11.1 Å². The van der Waals surface area contributed by atoms with Crippen LogP contribution in [0.1, 0.15) is 16.8 Å². The Morgan fingerprint density at radius 1 is 1.23 bits per heavy atom. The molecule has 0 aromatic heterocycles. The number of hydrogen-bond acceptors (Lipinski definition) is 3. The van der Waals surface area contributed by atoms with E-state index in [2.05, 4.69) is 5.32 Å². The second kappa shape index (κ2) is 7.85. The van der Waals surface area contributed by atoms with Gasteiger partial charge in [0.1, 0.15) is 11.9 Å². The lowest BCUT2D eigenvalue weighted by Crippen LogP contribution is -2.57. The van der Waals surface area contributed by atoms with E-state index in [4.69, 9.17) is 16.7 Å². The molecular formula is C19H18ClFN2O3. The van der Waals surface area contributed by atoms with Gasteiger partial charge in [0, 0.05) is 25.3 Å². The average molecular weight is 377 g/mol. The minimum absolute atomic E-state index is 0.0360. The first-order chi connectivity index (χ1) is 12.5. The second-order valence-electron chi connectivity index (χ2n) is 6.02. The largest absolute Gasteiger partial charge is 0.396 e.